The first kappa shape index (κ1) is 23.6. The van der Waals surface area contributed by atoms with Crippen LogP contribution in [0.15, 0.2) is 42.5 Å². The average molecular weight is 427 g/mol. The summed E-state index contributed by atoms with van der Waals surface area (Å²) in [5.74, 6) is 1.37. The zero-order valence-electron chi connectivity index (χ0n) is 19.3. The Kier molecular flexibility index (Phi) is 9.19. The topological polar surface area (TPSA) is 54.0 Å². The van der Waals surface area contributed by atoms with Gasteiger partial charge in [-0.05, 0) is 55.6 Å². The van der Waals surface area contributed by atoms with E-state index in [2.05, 4.69) is 48.5 Å². The first-order valence-corrected chi connectivity index (χ1v) is 11.5. The molecule has 0 saturated heterocycles. The number of aryl methyl sites for hydroxylation is 1. The molecule has 0 heterocycles. The maximum absolute atomic E-state index is 10.5. The average Bonchev–Trinajstić information content (AvgIpc) is 2.79. The van der Waals surface area contributed by atoms with Gasteiger partial charge in [-0.3, -0.25) is 0 Å². The normalized spacial score (nSPS) is 15.8. The molecule has 2 aromatic rings. The van der Waals surface area contributed by atoms with Crippen molar-refractivity contribution >= 4 is 0 Å². The Balaban J connectivity index is 1.47. The summed E-state index contributed by atoms with van der Waals surface area (Å²) in [5, 5.41) is 13.9. The lowest BCUT2D eigenvalue weighted by Crippen LogP contribution is -2.40. The standard InChI is InChI=1S/C26H38N2O3/c1-20-9-7-8-10-22(20)17-27-16-21-13-14-25(26(15-21)30-3)31-19-24(29)18-28(2)23-11-5-4-6-12-23/h7-10,13-15,23-24,27,29H,4-6,11-12,16-19H2,1-3H3/t24-/m0/s1. The molecule has 0 amide bonds. The highest BCUT2D eigenvalue weighted by molar-refractivity contribution is 5.43. The number of benzene rings is 2. The molecule has 1 saturated carbocycles. The molecule has 170 valence electrons. The fraction of sp³-hybridized carbons (Fsp3) is 0.538. The van der Waals surface area contributed by atoms with Crippen LogP contribution >= 0.6 is 0 Å². The van der Waals surface area contributed by atoms with E-state index in [-0.39, 0.29) is 6.61 Å². The fourth-order valence-electron chi connectivity index (χ4n) is 4.33. The summed E-state index contributed by atoms with van der Waals surface area (Å²) in [6, 6.07) is 15.0. The zero-order chi connectivity index (χ0) is 22.1. The molecule has 1 aliphatic rings. The van der Waals surface area contributed by atoms with E-state index in [9.17, 15) is 5.11 Å². The van der Waals surface area contributed by atoms with Gasteiger partial charge < -0.3 is 24.8 Å². The molecule has 1 fully saturated rings. The number of aliphatic hydroxyl groups excluding tert-OH is 1. The van der Waals surface area contributed by atoms with Gasteiger partial charge >= 0.3 is 0 Å². The number of nitrogens with one attached hydrogen (secondary N) is 1. The number of hydrogen-bond donors (Lipinski definition) is 2. The highest BCUT2D eigenvalue weighted by Gasteiger charge is 2.20. The third-order valence-corrected chi connectivity index (χ3v) is 6.26. The second-order valence-electron chi connectivity index (χ2n) is 8.71. The molecule has 0 spiro atoms. The maximum atomic E-state index is 10.5. The predicted octanol–water partition coefficient (Wildman–Crippen LogP) is 4.30. The van der Waals surface area contributed by atoms with Crippen molar-refractivity contribution in [2.24, 2.45) is 0 Å². The van der Waals surface area contributed by atoms with Gasteiger partial charge in [-0.25, -0.2) is 0 Å². The summed E-state index contributed by atoms with van der Waals surface area (Å²) >= 11 is 0. The van der Waals surface area contributed by atoms with Crippen molar-refractivity contribution in [2.75, 3.05) is 27.3 Å². The van der Waals surface area contributed by atoms with Crippen LogP contribution in [0.4, 0.5) is 0 Å². The lowest BCUT2D eigenvalue weighted by molar-refractivity contribution is 0.0553. The van der Waals surface area contributed by atoms with Crippen molar-refractivity contribution in [1.82, 2.24) is 10.2 Å². The summed E-state index contributed by atoms with van der Waals surface area (Å²) in [7, 11) is 3.76. The molecule has 31 heavy (non-hydrogen) atoms. The number of likely N-dealkylation sites (N-methyl/N-ethyl adjacent to an activating group) is 1. The molecule has 0 radical (unpaired) electrons. The molecule has 5 nitrogen and oxygen atoms in total. The number of ether oxygens (including phenoxy) is 2. The number of hydrogen-bond acceptors (Lipinski definition) is 5. The summed E-state index contributed by atoms with van der Waals surface area (Å²) in [4.78, 5) is 2.29. The van der Waals surface area contributed by atoms with Crippen molar-refractivity contribution in [3.05, 3.63) is 59.2 Å². The van der Waals surface area contributed by atoms with Gasteiger partial charge in [0.25, 0.3) is 0 Å². The van der Waals surface area contributed by atoms with E-state index in [0.29, 0.717) is 24.1 Å². The Bertz CT molecular complexity index is 805. The molecule has 5 heteroatoms. The van der Waals surface area contributed by atoms with Gasteiger partial charge in [0.1, 0.15) is 12.7 Å². The molecule has 1 atom stereocenters. The zero-order valence-corrected chi connectivity index (χ0v) is 19.3. The van der Waals surface area contributed by atoms with Crippen LogP contribution in [0.25, 0.3) is 0 Å². The fourth-order valence-corrected chi connectivity index (χ4v) is 4.33. The molecule has 1 aliphatic carbocycles. The van der Waals surface area contributed by atoms with Crippen LogP contribution in [0.5, 0.6) is 11.5 Å². The van der Waals surface area contributed by atoms with Crippen LogP contribution in [0, 0.1) is 6.92 Å². The molecule has 2 N–H and O–H groups in total. The maximum Gasteiger partial charge on any atom is 0.161 e. The van der Waals surface area contributed by atoms with Gasteiger partial charge in [0.15, 0.2) is 11.5 Å². The summed E-state index contributed by atoms with van der Waals surface area (Å²) < 4.78 is 11.4. The van der Waals surface area contributed by atoms with Gasteiger partial charge in [0.2, 0.25) is 0 Å². The molecule has 0 unspecified atom stereocenters. The lowest BCUT2D eigenvalue weighted by Gasteiger charge is -2.32. The Labute approximate surface area is 187 Å². The van der Waals surface area contributed by atoms with Crippen molar-refractivity contribution in [2.45, 2.75) is 64.3 Å². The van der Waals surface area contributed by atoms with E-state index in [1.54, 1.807) is 7.11 Å². The van der Waals surface area contributed by atoms with Gasteiger partial charge in [-0.1, -0.05) is 49.6 Å². The number of rotatable bonds is 11. The van der Waals surface area contributed by atoms with Gasteiger partial charge in [0.05, 0.1) is 7.11 Å². The van der Waals surface area contributed by atoms with E-state index in [1.807, 2.05) is 18.2 Å². The molecule has 2 aromatic carbocycles. The first-order valence-electron chi connectivity index (χ1n) is 11.5. The van der Waals surface area contributed by atoms with Crippen molar-refractivity contribution in [3.63, 3.8) is 0 Å². The summed E-state index contributed by atoms with van der Waals surface area (Å²) in [6.45, 7) is 4.60. The first-order chi connectivity index (χ1) is 15.1. The summed E-state index contributed by atoms with van der Waals surface area (Å²) in [5.41, 5.74) is 3.74. The smallest absolute Gasteiger partial charge is 0.161 e. The van der Waals surface area contributed by atoms with E-state index >= 15 is 0 Å². The highest BCUT2D eigenvalue weighted by atomic mass is 16.5. The number of aliphatic hydroxyl groups is 1. The van der Waals surface area contributed by atoms with Gasteiger partial charge in [0, 0.05) is 25.7 Å². The Morgan fingerprint density at radius 2 is 1.84 bits per heavy atom. The Morgan fingerprint density at radius 3 is 2.58 bits per heavy atom. The van der Waals surface area contributed by atoms with Crippen LogP contribution in [0.1, 0.15) is 48.8 Å². The molecular weight excluding hydrogens is 388 g/mol. The minimum Gasteiger partial charge on any atom is -0.493 e. The molecule has 3 rings (SSSR count). The Hall–Kier alpha value is -2.08. The van der Waals surface area contributed by atoms with Crippen LogP contribution in [-0.2, 0) is 13.1 Å². The van der Waals surface area contributed by atoms with E-state index in [0.717, 1.165) is 18.7 Å². The van der Waals surface area contributed by atoms with E-state index in [4.69, 9.17) is 9.47 Å². The third kappa shape index (κ3) is 7.23. The van der Waals surface area contributed by atoms with E-state index < -0.39 is 6.10 Å². The molecule has 0 aliphatic heterocycles. The predicted molar refractivity (Wildman–Crippen MR) is 126 cm³/mol. The lowest BCUT2D eigenvalue weighted by atomic mass is 9.94. The van der Waals surface area contributed by atoms with Crippen LogP contribution in [0.3, 0.4) is 0 Å². The quantitative estimate of drug-likeness (QED) is 0.561. The van der Waals surface area contributed by atoms with Crippen LogP contribution in [-0.4, -0.2) is 49.5 Å². The van der Waals surface area contributed by atoms with E-state index in [1.165, 1.54) is 43.2 Å². The van der Waals surface area contributed by atoms with Crippen molar-refractivity contribution in [1.29, 1.82) is 0 Å². The van der Waals surface area contributed by atoms with Crippen molar-refractivity contribution < 1.29 is 14.6 Å². The monoisotopic (exact) mass is 426 g/mol. The third-order valence-electron chi connectivity index (χ3n) is 6.26. The highest BCUT2D eigenvalue weighted by Crippen LogP contribution is 2.28. The minimum absolute atomic E-state index is 0.262. The molecule has 0 aromatic heterocycles. The minimum atomic E-state index is -0.521. The summed E-state index contributed by atoms with van der Waals surface area (Å²) in [6.07, 6.45) is 5.88. The van der Waals surface area contributed by atoms with Gasteiger partial charge in [-0.15, -0.1) is 0 Å². The SMILES string of the molecule is COc1cc(CNCc2ccccc2C)ccc1OC[C@@H](O)CN(C)C1CCCCC1. The largest absolute Gasteiger partial charge is 0.493 e. The van der Waals surface area contributed by atoms with Crippen molar-refractivity contribution in [3.8, 4) is 11.5 Å². The molecular formula is C26H38N2O3. The second kappa shape index (κ2) is 12.1. The molecule has 0 bridgehead atoms. The second-order valence-corrected chi connectivity index (χ2v) is 8.71. The van der Waals surface area contributed by atoms with Crippen LogP contribution in [0.2, 0.25) is 0 Å². The van der Waals surface area contributed by atoms with Gasteiger partial charge in [-0.2, -0.15) is 0 Å². The van der Waals surface area contributed by atoms with Crippen LogP contribution < -0.4 is 14.8 Å². The number of methoxy groups -OCH3 is 1. The Morgan fingerprint density at radius 1 is 1.06 bits per heavy atom. The number of nitrogens with zero attached hydrogens (tertiary/aromatic N) is 1.